The van der Waals surface area contributed by atoms with Crippen LogP contribution in [0.25, 0.3) is 0 Å². The van der Waals surface area contributed by atoms with Gasteiger partial charge >= 0.3 is 0 Å². The predicted octanol–water partition coefficient (Wildman–Crippen LogP) is 4.06. The Morgan fingerprint density at radius 3 is 2.00 bits per heavy atom. The van der Waals surface area contributed by atoms with E-state index in [0.29, 0.717) is 0 Å². The summed E-state index contributed by atoms with van der Waals surface area (Å²) in [4.78, 5) is 0. The van der Waals surface area contributed by atoms with Gasteiger partial charge < -0.3 is 5.32 Å². The molecule has 0 aliphatic carbocycles. The molecule has 0 aliphatic heterocycles. The highest BCUT2D eigenvalue weighted by molar-refractivity contribution is 6.17. The van der Waals surface area contributed by atoms with Crippen LogP contribution in [-0.2, 0) is 0 Å². The summed E-state index contributed by atoms with van der Waals surface area (Å²) < 4.78 is 0. The van der Waals surface area contributed by atoms with Gasteiger partial charge in [0.15, 0.2) is 0 Å². The van der Waals surface area contributed by atoms with Gasteiger partial charge in [0.2, 0.25) is 0 Å². The first-order valence-corrected chi connectivity index (χ1v) is 7.08. The largest absolute Gasteiger partial charge is 0.316 e. The summed E-state index contributed by atoms with van der Waals surface area (Å²) in [6.45, 7) is 9.13. The quantitative estimate of drug-likeness (QED) is 0.562. The third-order valence-corrected chi connectivity index (χ3v) is 3.45. The maximum Gasteiger partial charge on any atom is 0.0226 e. The molecule has 1 N–H and O–H groups in total. The number of hydrogen-bond donors (Lipinski definition) is 1. The average Bonchev–Trinajstić information content (AvgIpc) is 2.25. The van der Waals surface area contributed by atoms with E-state index in [9.17, 15) is 0 Å². The van der Waals surface area contributed by atoms with Crippen LogP contribution in [0.4, 0.5) is 0 Å². The van der Waals surface area contributed by atoms with Crippen LogP contribution in [0.5, 0.6) is 0 Å². The Kier molecular flexibility index (Phi) is 10.9. The van der Waals surface area contributed by atoms with Crippen LogP contribution in [0.3, 0.4) is 0 Å². The van der Waals surface area contributed by atoms with Gasteiger partial charge in [-0.15, -0.1) is 11.6 Å². The summed E-state index contributed by atoms with van der Waals surface area (Å²) in [6.07, 6.45) is 6.32. The van der Waals surface area contributed by atoms with Crippen molar-refractivity contribution in [2.75, 3.05) is 19.0 Å². The van der Waals surface area contributed by atoms with E-state index in [0.717, 1.165) is 30.7 Å². The summed E-state index contributed by atoms with van der Waals surface area (Å²) in [5.41, 5.74) is 0. The molecule has 0 saturated carbocycles. The fourth-order valence-electron chi connectivity index (χ4n) is 1.98. The van der Waals surface area contributed by atoms with Crippen molar-refractivity contribution in [1.29, 1.82) is 0 Å². The lowest BCUT2D eigenvalue weighted by Crippen LogP contribution is -2.28. The van der Waals surface area contributed by atoms with E-state index in [2.05, 4.69) is 26.1 Å². The van der Waals surface area contributed by atoms with E-state index >= 15 is 0 Å². The summed E-state index contributed by atoms with van der Waals surface area (Å²) in [7, 11) is 0. The Morgan fingerprint density at radius 1 is 0.933 bits per heavy atom. The van der Waals surface area contributed by atoms with E-state index < -0.39 is 0 Å². The maximum absolute atomic E-state index is 5.80. The molecular weight excluding hydrogens is 206 g/mol. The van der Waals surface area contributed by atoms with Crippen molar-refractivity contribution in [2.24, 2.45) is 11.8 Å². The third-order valence-electron chi connectivity index (χ3n) is 3.24. The van der Waals surface area contributed by atoms with Gasteiger partial charge in [-0.05, 0) is 37.8 Å². The predicted molar refractivity (Wildman–Crippen MR) is 70.7 cm³/mol. The Bertz CT molecular complexity index is 118. The zero-order valence-corrected chi connectivity index (χ0v) is 11.4. The lowest BCUT2D eigenvalue weighted by molar-refractivity contribution is 0.388. The average molecular weight is 234 g/mol. The van der Waals surface area contributed by atoms with Gasteiger partial charge in [-0.2, -0.15) is 0 Å². The molecule has 1 unspecified atom stereocenters. The van der Waals surface area contributed by atoms with Crippen LogP contribution >= 0.6 is 11.6 Å². The van der Waals surface area contributed by atoms with Crippen LogP contribution in [0.1, 0.15) is 52.9 Å². The molecular formula is C13H28ClN. The van der Waals surface area contributed by atoms with Gasteiger partial charge in [-0.1, -0.05) is 40.0 Å². The highest BCUT2D eigenvalue weighted by atomic mass is 35.5. The lowest BCUT2D eigenvalue weighted by Gasteiger charge is -2.18. The van der Waals surface area contributed by atoms with Crippen LogP contribution < -0.4 is 5.32 Å². The third kappa shape index (κ3) is 8.10. The second kappa shape index (κ2) is 10.8. The van der Waals surface area contributed by atoms with E-state index in [1.54, 1.807) is 0 Å². The SMILES string of the molecule is CCCC(CCCl)CNCC(CC)CC. The molecule has 0 rings (SSSR count). The summed E-state index contributed by atoms with van der Waals surface area (Å²) in [5.74, 6) is 2.43. The van der Waals surface area contributed by atoms with Crippen LogP contribution in [0.15, 0.2) is 0 Å². The minimum atomic E-state index is 0.780. The van der Waals surface area contributed by atoms with Crippen molar-refractivity contribution < 1.29 is 0 Å². The standard InChI is InChI=1S/C13H28ClN/c1-4-7-13(8-9-14)11-15-10-12(5-2)6-3/h12-13,15H,4-11H2,1-3H3. The number of alkyl halides is 1. The molecule has 1 atom stereocenters. The fourth-order valence-corrected chi connectivity index (χ4v) is 2.29. The summed E-state index contributed by atoms with van der Waals surface area (Å²) >= 11 is 5.80. The first kappa shape index (κ1) is 15.2. The van der Waals surface area contributed by atoms with Gasteiger partial charge in [-0.25, -0.2) is 0 Å². The molecule has 1 nitrogen and oxygen atoms in total. The molecule has 0 aromatic carbocycles. The van der Waals surface area contributed by atoms with Gasteiger partial charge in [0, 0.05) is 5.88 Å². The molecule has 0 radical (unpaired) electrons. The Hall–Kier alpha value is 0.250. The monoisotopic (exact) mass is 233 g/mol. The first-order valence-electron chi connectivity index (χ1n) is 6.55. The van der Waals surface area contributed by atoms with Crippen LogP contribution in [-0.4, -0.2) is 19.0 Å². The number of nitrogens with one attached hydrogen (secondary N) is 1. The van der Waals surface area contributed by atoms with Crippen molar-refractivity contribution in [3.8, 4) is 0 Å². The van der Waals surface area contributed by atoms with Crippen LogP contribution in [0, 0.1) is 11.8 Å². The van der Waals surface area contributed by atoms with E-state index in [-0.39, 0.29) is 0 Å². The zero-order chi connectivity index (χ0) is 11.5. The van der Waals surface area contributed by atoms with E-state index in [1.807, 2.05) is 0 Å². The van der Waals surface area contributed by atoms with Crippen molar-refractivity contribution in [3.05, 3.63) is 0 Å². The Morgan fingerprint density at radius 2 is 1.53 bits per heavy atom. The normalized spacial score (nSPS) is 13.4. The number of rotatable bonds is 10. The topological polar surface area (TPSA) is 12.0 Å². The molecule has 0 amide bonds. The van der Waals surface area contributed by atoms with E-state index in [4.69, 9.17) is 11.6 Å². The second-order valence-electron chi connectivity index (χ2n) is 4.47. The van der Waals surface area contributed by atoms with Gasteiger partial charge in [0.05, 0.1) is 0 Å². The second-order valence-corrected chi connectivity index (χ2v) is 4.85. The molecule has 0 saturated heterocycles. The van der Waals surface area contributed by atoms with Gasteiger partial charge in [-0.3, -0.25) is 0 Å². The number of hydrogen-bond acceptors (Lipinski definition) is 1. The van der Waals surface area contributed by atoms with Crippen molar-refractivity contribution in [1.82, 2.24) is 5.32 Å². The number of halogens is 1. The Balaban J connectivity index is 3.59. The van der Waals surface area contributed by atoms with Gasteiger partial charge in [0.25, 0.3) is 0 Å². The minimum absolute atomic E-state index is 0.780. The molecule has 0 aromatic rings. The minimum Gasteiger partial charge on any atom is -0.316 e. The Labute approximate surface area is 101 Å². The summed E-state index contributed by atoms with van der Waals surface area (Å²) in [5, 5.41) is 3.60. The molecule has 0 bridgehead atoms. The molecule has 15 heavy (non-hydrogen) atoms. The molecule has 0 spiro atoms. The maximum atomic E-state index is 5.80. The summed E-state index contributed by atoms with van der Waals surface area (Å²) in [6, 6.07) is 0. The molecule has 2 heteroatoms. The van der Waals surface area contributed by atoms with E-state index in [1.165, 1.54) is 32.2 Å². The molecule has 0 aromatic heterocycles. The smallest absolute Gasteiger partial charge is 0.0226 e. The van der Waals surface area contributed by atoms with Crippen molar-refractivity contribution in [3.63, 3.8) is 0 Å². The fraction of sp³-hybridized carbons (Fsp3) is 1.00. The first-order chi connectivity index (χ1) is 7.28. The molecule has 0 aliphatic rings. The lowest BCUT2D eigenvalue weighted by atomic mass is 9.99. The van der Waals surface area contributed by atoms with Crippen molar-refractivity contribution >= 4 is 11.6 Å². The van der Waals surface area contributed by atoms with Crippen LogP contribution in [0.2, 0.25) is 0 Å². The molecule has 0 heterocycles. The highest BCUT2D eigenvalue weighted by Crippen LogP contribution is 2.12. The van der Waals surface area contributed by atoms with Gasteiger partial charge in [0.1, 0.15) is 0 Å². The zero-order valence-electron chi connectivity index (χ0n) is 10.7. The van der Waals surface area contributed by atoms with Crippen molar-refractivity contribution in [2.45, 2.75) is 52.9 Å². The molecule has 0 fully saturated rings. The molecule has 92 valence electrons. The highest BCUT2D eigenvalue weighted by Gasteiger charge is 2.08.